The summed E-state index contributed by atoms with van der Waals surface area (Å²) in [5.41, 5.74) is 3.97. The van der Waals surface area contributed by atoms with Crippen LogP contribution in [0.25, 0.3) is 11.1 Å². The number of nitrogens with one attached hydrogen (secondary N) is 1. The monoisotopic (exact) mass is 531 g/mol. The van der Waals surface area contributed by atoms with Gasteiger partial charge in [-0.2, -0.15) is 0 Å². The van der Waals surface area contributed by atoms with Crippen LogP contribution in [0.2, 0.25) is 0 Å². The Hall–Kier alpha value is -3.88. The van der Waals surface area contributed by atoms with E-state index in [4.69, 9.17) is 9.47 Å². The highest BCUT2D eigenvalue weighted by Crippen LogP contribution is 2.31. The first-order valence-electron chi connectivity index (χ1n) is 13.2. The van der Waals surface area contributed by atoms with Crippen molar-refractivity contribution < 1.29 is 24.2 Å². The minimum absolute atomic E-state index is 0.128. The van der Waals surface area contributed by atoms with Gasteiger partial charge in [-0.1, -0.05) is 49.4 Å². The molecule has 2 N–H and O–H groups in total. The Morgan fingerprint density at radius 2 is 1.72 bits per heavy atom. The molecular formula is C31H37N3O5. The van der Waals surface area contributed by atoms with E-state index in [0.29, 0.717) is 36.7 Å². The van der Waals surface area contributed by atoms with Crippen molar-refractivity contribution in [1.29, 1.82) is 0 Å². The van der Waals surface area contributed by atoms with E-state index in [1.807, 2.05) is 62.4 Å². The van der Waals surface area contributed by atoms with Crippen molar-refractivity contribution in [1.82, 2.24) is 9.80 Å². The number of aliphatic hydroxyl groups excluding tert-OH is 1. The fourth-order valence-electron chi connectivity index (χ4n) is 4.80. The molecule has 4 rings (SSSR count). The molecule has 0 saturated heterocycles. The van der Waals surface area contributed by atoms with Gasteiger partial charge < -0.3 is 29.7 Å². The molecule has 1 aliphatic rings. The molecule has 3 aromatic carbocycles. The molecule has 0 saturated carbocycles. The van der Waals surface area contributed by atoms with Crippen LogP contribution in [0.1, 0.15) is 29.8 Å². The third-order valence-corrected chi connectivity index (χ3v) is 7.24. The van der Waals surface area contributed by atoms with E-state index >= 15 is 0 Å². The Bertz CT molecular complexity index is 1280. The van der Waals surface area contributed by atoms with Crippen molar-refractivity contribution in [3.05, 3.63) is 83.9 Å². The normalized spacial score (nSPS) is 18.3. The molecule has 8 nitrogen and oxygen atoms in total. The number of anilines is 1. The fourth-order valence-corrected chi connectivity index (χ4v) is 4.80. The van der Waals surface area contributed by atoms with E-state index in [1.165, 1.54) is 0 Å². The molecular weight excluding hydrogens is 494 g/mol. The maximum absolute atomic E-state index is 13.9. The van der Waals surface area contributed by atoms with Gasteiger partial charge in [-0.3, -0.25) is 4.79 Å². The summed E-state index contributed by atoms with van der Waals surface area (Å²) in [7, 11) is 3.32. The maximum Gasteiger partial charge on any atom is 0.321 e. The predicted octanol–water partition coefficient (Wildman–Crippen LogP) is 4.88. The quantitative estimate of drug-likeness (QED) is 0.473. The predicted molar refractivity (Wildman–Crippen MR) is 152 cm³/mol. The van der Waals surface area contributed by atoms with Crippen molar-refractivity contribution in [3.63, 3.8) is 0 Å². The summed E-state index contributed by atoms with van der Waals surface area (Å²) in [6.07, 6.45) is -0.368. The number of urea groups is 1. The zero-order valence-electron chi connectivity index (χ0n) is 23.0. The Morgan fingerprint density at radius 1 is 1.08 bits per heavy atom. The van der Waals surface area contributed by atoms with Crippen molar-refractivity contribution in [2.75, 3.05) is 39.2 Å². The van der Waals surface area contributed by atoms with Gasteiger partial charge in [0.1, 0.15) is 5.75 Å². The Balaban J connectivity index is 1.62. The van der Waals surface area contributed by atoms with E-state index in [1.54, 1.807) is 48.2 Å². The van der Waals surface area contributed by atoms with Crippen LogP contribution in [0.5, 0.6) is 5.75 Å². The molecule has 0 unspecified atom stereocenters. The number of hydrogen-bond donors (Lipinski definition) is 2. The van der Waals surface area contributed by atoms with Crippen molar-refractivity contribution in [2.24, 2.45) is 5.92 Å². The topological polar surface area (TPSA) is 91.3 Å². The molecule has 0 spiro atoms. The van der Waals surface area contributed by atoms with Gasteiger partial charge in [0.25, 0.3) is 5.91 Å². The second-order valence-electron chi connectivity index (χ2n) is 10.1. The van der Waals surface area contributed by atoms with Gasteiger partial charge in [-0.15, -0.1) is 0 Å². The Kier molecular flexibility index (Phi) is 9.22. The van der Waals surface area contributed by atoms with Crippen LogP contribution >= 0.6 is 0 Å². The number of methoxy groups -OCH3 is 1. The zero-order chi connectivity index (χ0) is 27.9. The van der Waals surface area contributed by atoms with Crippen LogP contribution in [0, 0.1) is 5.92 Å². The molecule has 0 fully saturated rings. The van der Waals surface area contributed by atoms with Gasteiger partial charge in [0.2, 0.25) is 0 Å². The van der Waals surface area contributed by atoms with E-state index < -0.39 is 0 Å². The minimum atomic E-state index is -0.388. The first-order chi connectivity index (χ1) is 18.8. The zero-order valence-corrected chi connectivity index (χ0v) is 23.0. The standard InChI is InChI=1S/C31H37N3O5/c1-21-17-34(22(2)19-35)30(36)28-12-8-7-11-27(28)26-10-6-5-9-23(26)20-39-29(21)18-33(3)31(37)32-24-13-15-25(38-4)16-14-24/h5-16,21-22,29,35H,17-20H2,1-4H3,(H,32,37)/t21-,22+,29+/m0/s1. The molecule has 3 aromatic rings. The van der Waals surface area contributed by atoms with Gasteiger partial charge in [0, 0.05) is 37.3 Å². The van der Waals surface area contributed by atoms with Crippen LogP contribution in [0.4, 0.5) is 10.5 Å². The Morgan fingerprint density at radius 3 is 2.38 bits per heavy atom. The molecule has 0 radical (unpaired) electrons. The largest absolute Gasteiger partial charge is 0.497 e. The average molecular weight is 532 g/mol. The molecule has 0 bridgehead atoms. The number of benzene rings is 3. The number of nitrogens with zero attached hydrogens (tertiary/aromatic N) is 2. The second-order valence-corrected chi connectivity index (χ2v) is 10.1. The number of carbonyl (C=O) groups is 2. The summed E-state index contributed by atoms with van der Waals surface area (Å²) in [5.74, 6) is 0.441. The minimum Gasteiger partial charge on any atom is -0.497 e. The number of rotatable bonds is 6. The van der Waals surface area contributed by atoms with Crippen LogP contribution in [0.15, 0.2) is 72.8 Å². The molecule has 0 aromatic heterocycles. The van der Waals surface area contributed by atoms with Crippen molar-refractivity contribution in [3.8, 4) is 16.9 Å². The number of hydrogen-bond acceptors (Lipinski definition) is 5. The Labute approximate surface area is 230 Å². The lowest BCUT2D eigenvalue weighted by Gasteiger charge is -2.35. The molecule has 3 amide bonds. The molecule has 1 aliphatic heterocycles. The lowest BCUT2D eigenvalue weighted by Crippen LogP contribution is -2.48. The van der Waals surface area contributed by atoms with Crippen LogP contribution in [-0.2, 0) is 11.3 Å². The number of likely N-dealkylation sites (N-methyl/N-ethyl adjacent to an activating group) is 1. The number of ether oxygens (including phenoxy) is 2. The van der Waals surface area contributed by atoms with Crippen molar-refractivity contribution >= 4 is 17.6 Å². The molecule has 206 valence electrons. The number of aliphatic hydroxyl groups is 1. The summed E-state index contributed by atoms with van der Waals surface area (Å²) in [4.78, 5) is 30.2. The highest BCUT2D eigenvalue weighted by molar-refractivity contribution is 6.01. The number of amides is 3. The molecule has 0 aliphatic carbocycles. The van der Waals surface area contributed by atoms with E-state index in [9.17, 15) is 14.7 Å². The number of carbonyl (C=O) groups excluding carboxylic acids is 2. The molecule has 39 heavy (non-hydrogen) atoms. The summed E-state index contributed by atoms with van der Waals surface area (Å²) in [5, 5.41) is 12.9. The van der Waals surface area contributed by atoms with Crippen LogP contribution < -0.4 is 10.1 Å². The van der Waals surface area contributed by atoms with E-state index in [0.717, 1.165) is 16.7 Å². The van der Waals surface area contributed by atoms with Crippen LogP contribution in [0.3, 0.4) is 0 Å². The van der Waals surface area contributed by atoms with Gasteiger partial charge in [-0.25, -0.2) is 4.79 Å². The fraction of sp³-hybridized carbons (Fsp3) is 0.355. The molecule has 3 atom stereocenters. The SMILES string of the molecule is COc1ccc(NC(=O)N(C)C[C@H]2OCc3ccccc3-c3ccccc3C(=O)N([C@H](C)CO)C[C@@H]2C)cc1. The van der Waals surface area contributed by atoms with Gasteiger partial charge in [0.05, 0.1) is 32.5 Å². The van der Waals surface area contributed by atoms with Gasteiger partial charge in [-0.05, 0) is 53.9 Å². The van der Waals surface area contributed by atoms with Gasteiger partial charge >= 0.3 is 6.03 Å². The molecule has 8 heteroatoms. The highest BCUT2D eigenvalue weighted by atomic mass is 16.5. The lowest BCUT2D eigenvalue weighted by atomic mass is 9.94. The third kappa shape index (κ3) is 6.58. The average Bonchev–Trinajstić information content (AvgIpc) is 2.98. The first-order valence-corrected chi connectivity index (χ1v) is 13.2. The van der Waals surface area contributed by atoms with Gasteiger partial charge in [0.15, 0.2) is 0 Å². The second kappa shape index (κ2) is 12.8. The summed E-state index contributed by atoms with van der Waals surface area (Å²) < 4.78 is 11.7. The van der Waals surface area contributed by atoms with E-state index in [-0.39, 0.29) is 36.6 Å². The van der Waals surface area contributed by atoms with E-state index in [2.05, 4.69) is 5.32 Å². The smallest absolute Gasteiger partial charge is 0.321 e. The number of fused-ring (bicyclic) bond motifs is 3. The summed E-state index contributed by atoms with van der Waals surface area (Å²) in [6, 6.07) is 22.0. The molecule has 1 heterocycles. The lowest BCUT2D eigenvalue weighted by molar-refractivity contribution is -0.0178. The first kappa shape index (κ1) is 28.1. The highest BCUT2D eigenvalue weighted by Gasteiger charge is 2.31. The third-order valence-electron chi connectivity index (χ3n) is 7.24. The summed E-state index contributed by atoms with van der Waals surface area (Å²) in [6.45, 7) is 4.70. The van der Waals surface area contributed by atoms with Crippen molar-refractivity contribution in [2.45, 2.75) is 32.6 Å². The van der Waals surface area contributed by atoms with Crippen LogP contribution in [-0.4, -0.2) is 72.8 Å². The summed E-state index contributed by atoms with van der Waals surface area (Å²) >= 11 is 0. The maximum atomic E-state index is 13.9.